The van der Waals surface area contributed by atoms with E-state index in [1.807, 2.05) is 24.3 Å². The van der Waals surface area contributed by atoms with E-state index >= 15 is 0 Å². The molecular formula is C21H26ClN3. The summed E-state index contributed by atoms with van der Waals surface area (Å²) in [6, 6.07) is 9.90. The van der Waals surface area contributed by atoms with Crippen LogP contribution in [0.25, 0.3) is 11.1 Å². The maximum Gasteiger partial charge on any atom is 0.102 e. The van der Waals surface area contributed by atoms with Crippen LogP contribution in [-0.4, -0.2) is 4.98 Å². The summed E-state index contributed by atoms with van der Waals surface area (Å²) in [5.41, 5.74) is 10.9. The number of halogens is 1. The lowest BCUT2D eigenvalue weighted by Gasteiger charge is -2.17. The summed E-state index contributed by atoms with van der Waals surface area (Å²) in [4.78, 5) is 4.78. The van der Waals surface area contributed by atoms with E-state index in [4.69, 9.17) is 22.3 Å². The lowest BCUT2D eigenvalue weighted by atomic mass is 9.93. The van der Waals surface area contributed by atoms with Crippen molar-refractivity contribution in [2.24, 2.45) is 0 Å². The molecule has 0 atom stereocenters. The zero-order valence-electron chi connectivity index (χ0n) is 15.1. The smallest absolute Gasteiger partial charge is 0.102 e. The van der Waals surface area contributed by atoms with Crippen molar-refractivity contribution in [3.63, 3.8) is 0 Å². The van der Waals surface area contributed by atoms with E-state index in [2.05, 4.69) is 19.9 Å². The molecule has 4 heteroatoms. The monoisotopic (exact) mass is 355 g/mol. The third kappa shape index (κ3) is 4.52. The van der Waals surface area contributed by atoms with Crippen LogP contribution < -0.4 is 5.73 Å². The zero-order valence-corrected chi connectivity index (χ0v) is 15.9. The molecular weight excluding hydrogens is 330 g/mol. The van der Waals surface area contributed by atoms with Gasteiger partial charge in [0, 0.05) is 16.1 Å². The number of hydrogen-bond acceptors (Lipinski definition) is 3. The molecule has 2 aromatic rings. The van der Waals surface area contributed by atoms with Crippen molar-refractivity contribution in [1.82, 2.24) is 4.98 Å². The summed E-state index contributed by atoms with van der Waals surface area (Å²) >= 11 is 6.41. The molecule has 0 amide bonds. The van der Waals surface area contributed by atoms with Crippen molar-refractivity contribution in [2.75, 3.05) is 5.73 Å². The highest BCUT2D eigenvalue weighted by molar-refractivity contribution is 6.33. The number of pyridine rings is 1. The number of anilines is 1. The van der Waals surface area contributed by atoms with Crippen molar-refractivity contribution in [1.29, 1.82) is 5.26 Å². The Balaban J connectivity index is 2.63. The number of nitriles is 1. The van der Waals surface area contributed by atoms with Gasteiger partial charge in [-0.25, -0.2) is 0 Å². The van der Waals surface area contributed by atoms with Gasteiger partial charge in [-0.2, -0.15) is 5.26 Å². The number of nitrogens with two attached hydrogens (primary N) is 1. The molecule has 0 unspecified atom stereocenters. The summed E-state index contributed by atoms with van der Waals surface area (Å²) in [5, 5.41) is 10.4. The number of unbranched alkanes of at least 4 members (excludes halogenated alkanes) is 3. The van der Waals surface area contributed by atoms with Crippen molar-refractivity contribution in [3.05, 3.63) is 46.2 Å². The summed E-state index contributed by atoms with van der Waals surface area (Å²) < 4.78 is 0. The normalized spacial score (nSPS) is 10.6. The van der Waals surface area contributed by atoms with Gasteiger partial charge in [0.05, 0.1) is 22.6 Å². The fourth-order valence-electron chi connectivity index (χ4n) is 3.02. The summed E-state index contributed by atoms with van der Waals surface area (Å²) in [6.45, 7) is 4.32. The molecule has 0 fully saturated rings. The van der Waals surface area contributed by atoms with Gasteiger partial charge in [0.25, 0.3) is 0 Å². The molecule has 2 N–H and O–H groups in total. The number of benzene rings is 1. The van der Waals surface area contributed by atoms with Gasteiger partial charge < -0.3 is 5.73 Å². The van der Waals surface area contributed by atoms with Crippen molar-refractivity contribution in [3.8, 4) is 17.2 Å². The Hall–Kier alpha value is -2.05. The van der Waals surface area contributed by atoms with Crippen LogP contribution >= 0.6 is 11.6 Å². The molecule has 3 nitrogen and oxygen atoms in total. The van der Waals surface area contributed by atoms with Crippen molar-refractivity contribution in [2.45, 2.75) is 58.8 Å². The number of nitrogens with zero attached hydrogens (tertiary/aromatic N) is 2. The molecule has 0 aliphatic carbocycles. The van der Waals surface area contributed by atoms with Gasteiger partial charge in [0.15, 0.2) is 0 Å². The van der Waals surface area contributed by atoms with Crippen LogP contribution in [0.4, 0.5) is 5.69 Å². The average molecular weight is 356 g/mol. The second kappa shape index (κ2) is 9.44. The standard InChI is InChI=1S/C21H26ClN3/c1-3-5-7-13-19-21(24)20(15-10-8-9-11-17(15)22)16(14-23)18(25-19)12-6-4-2/h8-11H,3-7,12-13,24H2,1-2H3. The lowest BCUT2D eigenvalue weighted by Crippen LogP contribution is -2.08. The zero-order chi connectivity index (χ0) is 18.2. The first-order valence-electron chi connectivity index (χ1n) is 9.10. The second-order valence-electron chi connectivity index (χ2n) is 6.32. The first kappa shape index (κ1) is 19.3. The highest BCUT2D eigenvalue weighted by Crippen LogP contribution is 2.37. The van der Waals surface area contributed by atoms with Crippen molar-refractivity contribution >= 4 is 17.3 Å². The maximum atomic E-state index is 9.79. The third-order valence-corrected chi connectivity index (χ3v) is 4.76. The summed E-state index contributed by atoms with van der Waals surface area (Å²) in [7, 11) is 0. The van der Waals surface area contributed by atoms with E-state index in [1.165, 1.54) is 0 Å². The third-order valence-electron chi connectivity index (χ3n) is 4.43. The molecule has 0 spiro atoms. The lowest BCUT2D eigenvalue weighted by molar-refractivity contribution is 0.701. The van der Waals surface area contributed by atoms with E-state index in [-0.39, 0.29) is 0 Å². The fourth-order valence-corrected chi connectivity index (χ4v) is 3.25. The molecule has 0 aliphatic heterocycles. The summed E-state index contributed by atoms with van der Waals surface area (Å²) in [5.74, 6) is 0. The van der Waals surface area contributed by atoms with E-state index in [9.17, 15) is 5.26 Å². The van der Waals surface area contributed by atoms with Gasteiger partial charge in [-0.15, -0.1) is 0 Å². The summed E-state index contributed by atoms with van der Waals surface area (Å²) in [6.07, 6.45) is 7.03. The minimum absolute atomic E-state index is 0.568. The first-order valence-corrected chi connectivity index (χ1v) is 9.48. The first-order chi connectivity index (χ1) is 12.1. The highest BCUT2D eigenvalue weighted by Gasteiger charge is 2.20. The van der Waals surface area contributed by atoms with E-state index in [1.54, 1.807) is 0 Å². The van der Waals surface area contributed by atoms with Crippen molar-refractivity contribution < 1.29 is 0 Å². The molecule has 0 radical (unpaired) electrons. The topological polar surface area (TPSA) is 62.7 Å². The Labute approximate surface area is 155 Å². The molecule has 0 aliphatic rings. The second-order valence-corrected chi connectivity index (χ2v) is 6.73. The van der Waals surface area contributed by atoms with Crippen LogP contribution in [0.3, 0.4) is 0 Å². The minimum Gasteiger partial charge on any atom is -0.397 e. The Morgan fingerprint density at radius 2 is 1.72 bits per heavy atom. The van der Waals surface area contributed by atoms with Gasteiger partial charge in [-0.3, -0.25) is 4.98 Å². The van der Waals surface area contributed by atoms with Crippen LogP contribution in [0.5, 0.6) is 0 Å². The SMILES string of the molecule is CCCCCc1nc(CCCC)c(C#N)c(-c2ccccc2Cl)c1N. The predicted molar refractivity (Wildman–Crippen MR) is 106 cm³/mol. The molecule has 1 heterocycles. The van der Waals surface area contributed by atoms with Gasteiger partial charge >= 0.3 is 0 Å². The Morgan fingerprint density at radius 3 is 2.36 bits per heavy atom. The van der Waals surface area contributed by atoms with Gasteiger partial charge in [0.2, 0.25) is 0 Å². The molecule has 1 aromatic heterocycles. The van der Waals surface area contributed by atoms with Gasteiger partial charge in [-0.05, 0) is 31.7 Å². The quantitative estimate of drug-likeness (QED) is 0.596. The van der Waals surface area contributed by atoms with Crippen LogP contribution in [0.1, 0.15) is 62.9 Å². The number of nitrogen functional groups attached to an aromatic ring is 1. The number of rotatable bonds is 8. The Bertz CT molecular complexity index is 762. The predicted octanol–water partition coefficient (Wildman–Crippen LogP) is 5.93. The van der Waals surface area contributed by atoms with E-state index < -0.39 is 0 Å². The maximum absolute atomic E-state index is 9.79. The fraction of sp³-hybridized carbons (Fsp3) is 0.429. The average Bonchev–Trinajstić information content (AvgIpc) is 2.62. The number of aryl methyl sites for hydroxylation is 2. The molecule has 0 saturated heterocycles. The van der Waals surface area contributed by atoms with Gasteiger partial charge in [0.1, 0.15) is 6.07 Å². The number of hydrogen-bond donors (Lipinski definition) is 1. The molecule has 0 bridgehead atoms. The van der Waals surface area contributed by atoms with Crippen LogP contribution in [0.15, 0.2) is 24.3 Å². The van der Waals surface area contributed by atoms with E-state index in [0.29, 0.717) is 16.3 Å². The minimum atomic E-state index is 0.568. The highest BCUT2D eigenvalue weighted by atomic mass is 35.5. The van der Waals surface area contributed by atoms with Crippen LogP contribution in [0.2, 0.25) is 5.02 Å². The van der Waals surface area contributed by atoms with Crippen LogP contribution in [0, 0.1) is 11.3 Å². The van der Waals surface area contributed by atoms with Crippen LogP contribution in [-0.2, 0) is 12.8 Å². The van der Waals surface area contributed by atoms with Gasteiger partial charge in [-0.1, -0.05) is 62.9 Å². The molecule has 25 heavy (non-hydrogen) atoms. The Kier molecular flexibility index (Phi) is 7.28. The molecule has 132 valence electrons. The van der Waals surface area contributed by atoms with E-state index in [0.717, 1.165) is 67.5 Å². The number of aromatic nitrogens is 1. The largest absolute Gasteiger partial charge is 0.397 e. The molecule has 0 saturated carbocycles. The molecule has 1 aromatic carbocycles. The molecule has 2 rings (SSSR count). The Morgan fingerprint density at radius 1 is 1.04 bits per heavy atom.